The molecule has 59 heavy (non-hydrogen) atoms. The van der Waals surface area contributed by atoms with Crippen LogP contribution < -0.4 is 10.6 Å². The molecular formula is C46H57F6N3O4. The number of rotatable bonds is 3. The van der Waals surface area contributed by atoms with Crippen LogP contribution in [0.25, 0.3) is 0 Å². The van der Waals surface area contributed by atoms with Crippen LogP contribution in [-0.4, -0.2) is 40.6 Å². The zero-order chi connectivity index (χ0) is 42.2. The van der Waals surface area contributed by atoms with Gasteiger partial charge in [-0.3, -0.25) is 24.1 Å². The quantitative estimate of drug-likeness (QED) is 0.234. The summed E-state index contributed by atoms with van der Waals surface area (Å²) in [4.78, 5) is 56.9. The lowest BCUT2D eigenvalue weighted by Crippen LogP contribution is -2.65. The maximum Gasteiger partial charge on any atom is 0.418 e. The smallest absolute Gasteiger partial charge is 0.349 e. The van der Waals surface area contributed by atoms with Crippen LogP contribution >= 0.6 is 0 Å². The van der Waals surface area contributed by atoms with Crippen molar-refractivity contribution < 1.29 is 45.5 Å². The molecule has 0 aromatic heterocycles. The number of benzene rings is 1. The van der Waals surface area contributed by atoms with Gasteiger partial charge in [-0.15, -0.1) is 0 Å². The molecule has 1 aromatic rings. The summed E-state index contributed by atoms with van der Waals surface area (Å²) in [5.41, 5.74) is -4.66. The van der Waals surface area contributed by atoms with E-state index in [0.29, 0.717) is 74.5 Å². The number of nitrogens with zero attached hydrogens (tertiary/aromatic N) is 1. The van der Waals surface area contributed by atoms with Gasteiger partial charge >= 0.3 is 12.4 Å². The van der Waals surface area contributed by atoms with Crippen molar-refractivity contribution in [3.05, 3.63) is 41.5 Å². The number of halogens is 6. The second kappa shape index (κ2) is 13.6. The summed E-state index contributed by atoms with van der Waals surface area (Å²) >= 11 is 0. The van der Waals surface area contributed by atoms with Gasteiger partial charge in [0.1, 0.15) is 0 Å². The van der Waals surface area contributed by atoms with Gasteiger partial charge in [-0.05, 0) is 159 Å². The molecule has 8 aliphatic rings. The Bertz CT molecular complexity index is 1980. The summed E-state index contributed by atoms with van der Waals surface area (Å²) in [7, 11) is 0. The van der Waals surface area contributed by atoms with Crippen molar-refractivity contribution in [1.82, 2.24) is 10.2 Å². The Morgan fingerprint density at radius 1 is 0.712 bits per heavy atom. The van der Waals surface area contributed by atoms with Gasteiger partial charge in [0, 0.05) is 35.8 Å². The van der Waals surface area contributed by atoms with E-state index in [9.17, 15) is 40.7 Å². The molecule has 4 amide bonds. The van der Waals surface area contributed by atoms with E-state index in [2.05, 4.69) is 37.5 Å². The summed E-state index contributed by atoms with van der Waals surface area (Å²) in [6, 6.07) is 1.04. The van der Waals surface area contributed by atoms with E-state index in [0.717, 1.165) is 51.4 Å². The lowest BCUT2D eigenvalue weighted by Gasteiger charge is -2.62. The molecule has 2 heterocycles. The van der Waals surface area contributed by atoms with Crippen LogP contribution in [0.4, 0.5) is 32.0 Å². The number of hydrogen-bond acceptors (Lipinski definition) is 4. The van der Waals surface area contributed by atoms with E-state index >= 15 is 4.79 Å². The third kappa shape index (κ3) is 6.09. The second-order valence-corrected chi connectivity index (χ2v) is 20.9. The molecule has 0 radical (unpaired) electrons. The first-order valence-corrected chi connectivity index (χ1v) is 22.1. The van der Waals surface area contributed by atoms with E-state index in [1.165, 1.54) is 0 Å². The molecule has 1 saturated heterocycles. The molecule has 0 bridgehead atoms. The van der Waals surface area contributed by atoms with E-state index in [4.69, 9.17) is 0 Å². The van der Waals surface area contributed by atoms with Gasteiger partial charge in [-0.2, -0.15) is 26.3 Å². The molecule has 2 aliphatic heterocycles. The maximum atomic E-state index is 15.0. The van der Waals surface area contributed by atoms with Crippen molar-refractivity contribution in [2.45, 2.75) is 142 Å². The number of alkyl halides is 6. The zero-order valence-electron chi connectivity index (χ0n) is 34.4. The molecule has 6 aliphatic carbocycles. The molecule has 9 rings (SSSR count). The summed E-state index contributed by atoms with van der Waals surface area (Å²) in [6.45, 7) is 8.86. The van der Waals surface area contributed by atoms with Gasteiger partial charge in [-0.1, -0.05) is 33.8 Å². The predicted octanol–water partition coefficient (Wildman–Crippen LogP) is 9.95. The van der Waals surface area contributed by atoms with Gasteiger partial charge in [0.05, 0.1) is 16.8 Å². The highest BCUT2D eigenvalue weighted by molar-refractivity contribution is 5.98. The Labute approximate surface area is 342 Å². The highest BCUT2D eigenvalue weighted by atomic mass is 19.4. The van der Waals surface area contributed by atoms with Gasteiger partial charge < -0.3 is 10.6 Å². The van der Waals surface area contributed by atoms with Crippen LogP contribution in [-0.2, 0) is 31.5 Å². The van der Waals surface area contributed by atoms with Crippen molar-refractivity contribution in [1.29, 1.82) is 0 Å². The lowest BCUT2D eigenvalue weighted by molar-refractivity contribution is -0.177. The fourth-order valence-corrected chi connectivity index (χ4v) is 15.8. The SMILES string of the molecule is C[C@]12CCC3[C@@H](CC[C@H]4N(C(=O)[C@@H]5CCC6[C@@H]7CC[C@H]8NC(=O)C=C[C@]8(C)C7CC[C@@]65C)C(=O)CC[C@]34C)C1CC[C@@H]2C(=O)Nc1cc(C(F)(F)F)ccc1C(F)(F)F. The number of anilines is 1. The molecule has 7 nitrogen and oxygen atoms in total. The molecule has 0 spiro atoms. The van der Waals surface area contributed by atoms with E-state index in [1.807, 2.05) is 6.92 Å². The first kappa shape index (κ1) is 41.0. The Kier molecular flexibility index (Phi) is 9.42. The Morgan fingerprint density at radius 3 is 2.00 bits per heavy atom. The maximum absolute atomic E-state index is 15.0. The van der Waals surface area contributed by atoms with Crippen LogP contribution in [0, 0.1) is 69.0 Å². The molecule has 6 saturated carbocycles. The minimum absolute atomic E-state index is 0.0105. The Morgan fingerprint density at radius 2 is 1.32 bits per heavy atom. The number of nitrogens with one attached hydrogen (secondary N) is 2. The molecule has 4 unspecified atom stereocenters. The number of carbonyl (C=O) groups excluding carboxylic acids is 4. The Hall–Kier alpha value is -3.38. The standard InChI is InChI=1S/C46H57F6N3O4/c1-41-19-16-30-26(27(41)9-11-32(41)39(58)53-34-23-24(45(47,48)49)5-8-31(34)46(50,51)52)7-14-36-44(30,4)22-18-38(57)55(36)40(59)33-12-10-28-25-6-13-35-43(3,21-17-37(56)54-35)29(25)15-20-42(28,33)2/h5,8,17,21,23,25-30,32-33,35-36H,6-7,9-16,18-20,22H2,1-4H3,(H,53,58)(H,54,56)/t25-,26-,27?,28?,29?,30?,32+,33-,35+,36+,41-,42-,43+,44+/m0/s1. The average Bonchev–Trinajstić information content (AvgIpc) is 3.71. The highest BCUT2D eigenvalue weighted by Crippen LogP contribution is 2.68. The van der Waals surface area contributed by atoms with Crippen LogP contribution in [0.1, 0.15) is 129 Å². The topological polar surface area (TPSA) is 95.6 Å². The van der Waals surface area contributed by atoms with Crippen LogP contribution in [0.5, 0.6) is 0 Å². The third-order valence-corrected chi connectivity index (χ3v) is 18.7. The number of piperidine rings is 1. The van der Waals surface area contributed by atoms with Crippen molar-refractivity contribution in [3.63, 3.8) is 0 Å². The van der Waals surface area contributed by atoms with Crippen molar-refractivity contribution in [2.24, 2.45) is 69.0 Å². The third-order valence-electron chi connectivity index (χ3n) is 18.7. The molecular weight excluding hydrogens is 773 g/mol. The molecule has 7 fully saturated rings. The molecule has 322 valence electrons. The summed E-state index contributed by atoms with van der Waals surface area (Å²) in [5.74, 6) is 0.0102. The first-order valence-electron chi connectivity index (χ1n) is 22.1. The monoisotopic (exact) mass is 829 g/mol. The van der Waals surface area contributed by atoms with Crippen LogP contribution in [0.2, 0.25) is 0 Å². The van der Waals surface area contributed by atoms with Crippen molar-refractivity contribution in [2.75, 3.05) is 5.32 Å². The Balaban J connectivity index is 0.921. The number of carbonyl (C=O) groups is 4. The van der Waals surface area contributed by atoms with Crippen molar-refractivity contribution >= 4 is 29.3 Å². The normalized spacial score (nSPS) is 44.0. The number of likely N-dealkylation sites (tertiary alicyclic amines) is 1. The number of hydrogen-bond donors (Lipinski definition) is 2. The second-order valence-electron chi connectivity index (χ2n) is 20.9. The van der Waals surface area contributed by atoms with Gasteiger partial charge in [-0.25, -0.2) is 0 Å². The first-order chi connectivity index (χ1) is 27.6. The van der Waals surface area contributed by atoms with Gasteiger partial charge in [0.25, 0.3) is 0 Å². The minimum Gasteiger partial charge on any atom is -0.349 e. The fourth-order valence-electron chi connectivity index (χ4n) is 15.8. The number of imide groups is 1. The van der Waals surface area contributed by atoms with Crippen LogP contribution in [0.3, 0.4) is 0 Å². The predicted molar refractivity (Wildman–Crippen MR) is 207 cm³/mol. The van der Waals surface area contributed by atoms with Crippen LogP contribution in [0.15, 0.2) is 30.4 Å². The minimum atomic E-state index is -4.96. The largest absolute Gasteiger partial charge is 0.418 e. The number of fused-ring (bicyclic) bond motifs is 10. The number of amides is 4. The average molecular weight is 830 g/mol. The zero-order valence-corrected chi connectivity index (χ0v) is 34.4. The molecule has 1 aromatic carbocycles. The molecule has 14 atom stereocenters. The van der Waals surface area contributed by atoms with E-state index in [-0.39, 0.29) is 69.7 Å². The highest BCUT2D eigenvalue weighted by Gasteiger charge is 2.66. The van der Waals surface area contributed by atoms with Gasteiger partial charge in [0.2, 0.25) is 23.6 Å². The van der Waals surface area contributed by atoms with Crippen molar-refractivity contribution in [3.8, 4) is 0 Å². The lowest BCUT2D eigenvalue weighted by atomic mass is 9.46. The fraction of sp³-hybridized carbons (Fsp3) is 0.739. The summed E-state index contributed by atoms with van der Waals surface area (Å²) < 4.78 is 82.4. The van der Waals surface area contributed by atoms with E-state index < -0.39 is 46.4 Å². The summed E-state index contributed by atoms with van der Waals surface area (Å²) in [5, 5.41) is 5.52. The molecule has 2 N–H and O–H groups in total. The van der Waals surface area contributed by atoms with Gasteiger partial charge in [0.15, 0.2) is 0 Å². The molecule has 13 heteroatoms. The van der Waals surface area contributed by atoms with E-state index in [1.54, 1.807) is 11.0 Å². The summed E-state index contributed by atoms with van der Waals surface area (Å²) in [6.07, 6.45) is 4.41.